The van der Waals surface area contributed by atoms with Gasteiger partial charge in [0.05, 0.1) is 16.6 Å². The molecule has 2 heterocycles. The molecular weight excluding hydrogens is 441 g/mol. The van der Waals surface area contributed by atoms with Crippen LogP contribution in [0.15, 0.2) is 22.9 Å². The molecule has 0 aliphatic carbocycles. The van der Waals surface area contributed by atoms with Crippen LogP contribution in [0.1, 0.15) is 16.1 Å². The first kappa shape index (κ1) is 19.0. The second-order valence-corrected chi connectivity index (χ2v) is 6.25. The number of benzene rings is 1. The van der Waals surface area contributed by atoms with Crippen molar-refractivity contribution in [3.63, 3.8) is 0 Å². The molecular formula is C15H9BrF5N5O. The monoisotopic (exact) mass is 449 g/mol. The summed E-state index contributed by atoms with van der Waals surface area (Å²) in [6.45, 7) is -0.727. The second kappa shape index (κ2) is 7.10. The van der Waals surface area contributed by atoms with Crippen LogP contribution in [0.5, 0.6) is 0 Å². The maximum atomic E-state index is 13.7. The number of hydrogen-bond acceptors (Lipinski definition) is 3. The number of carbonyl (C=O) groups excluding carboxylic acids is 1. The maximum Gasteiger partial charge on any atom is 0.278 e. The Morgan fingerprint density at radius 1 is 1.07 bits per heavy atom. The summed E-state index contributed by atoms with van der Waals surface area (Å²) in [5, 5.41) is 10.2. The van der Waals surface area contributed by atoms with Crippen molar-refractivity contribution in [3.05, 3.63) is 63.3 Å². The lowest BCUT2D eigenvalue weighted by molar-refractivity contribution is 0.102. The number of halogens is 6. The average molecular weight is 450 g/mol. The minimum absolute atomic E-state index is 0.00132. The zero-order valence-electron chi connectivity index (χ0n) is 13.4. The molecule has 0 bridgehead atoms. The van der Waals surface area contributed by atoms with Crippen LogP contribution >= 0.6 is 15.9 Å². The Bertz CT molecular complexity index is 1020. The van der Waals surface area contributed by atoms with Gasteiger partial charge in [-0.3, -0.25) is 14.2 Å². The fourth-order valence-corrected chi connectivity index (χ4v) is 2.81. The standard InChI is InChI=1S/C15H9BrF5N5O/c1-25-5-7(16)14(24-25)15(27)22-8-2-3-26(23-8)4-6-9(17)11(19)13(21)12(20)10(6)18/h2-3,5H,4H2,1H3,(H,22,23,27). The number of aromatic nitrogens is 4. The SMILES string of the molecule is Cn1cc(Br)c(C(=O)Nc2ccn(Cc3c(F)c(F)c(F)c(F)c3F)n2)n1. The van der Waals surface area contributed by atoms with Crippen molar-refractivity contribution < 1.29 is 26.7 Å². The van der Waals surface area contributed by atoms with Crippen molar-refractivity contribution in [2.75, 3.05) is 5.32 Å². The van der Waals surface area contributed by atoms with Gasteiger partial charge < -0.3 is 5.32 Å². The number of anilines is 1. The summed E-state index contributed by atoms with van der Waals surface area (Å²) >= 11 is 3.16. The van der Waals surface area contributed by atoms with E-state index >= 15 is 0 Å². The molecule has 3 aromatic rings. The highest BCUT2D eigenvalue weighted by atomic mass is 79.9. The molecule has 0 fully saturated rings. The third-order valence-electron chi connectivity index (χ3n) is 3.50. The first-order chi connectivity index (χ1) is 12.7. The molecule has 0 atom stereocenters. The van der Waals surface area contributed by atoms with Gasteiger partial charge >= 0.3 is 0 Å². The number of hydrogen-bond donors (Lipinski definition) is 1. The van der Waals surface area contributed by atoms with Crippen molar-refractivity contribution in [1.82, 2.24) is 19.6 Å². The molecule has 1 aromatic carbocycles. The summed E-state index contributed by atoms with van der Waals surface area (Å²) in [7, 11) is 1.61. The molecule has 12 heteroatoms. The van der Waals surface area contributed by atoms with E-state index in [2.05, 4.69) is 31.4 Å². The van der Waals surface area contributed by atoms with Gasteiger partial charge in [0, 0.05) is 25.5 Å². The molecule has 27 heavy (non-hydrogen) atoms. The van der Waals surface area contributed by atoms with Gasteiger partial charge in [-0.2, -0.15) is 10.2 Å². The Hall–Kier alpha value is -2.76. The smallest absolute Gasteiger partial charge is 0.278 e. The van der Waals surface area contributed by atoms with Crippen molar-refractivity contribution >= 4 is 27.7 Å². The summed E-state index contributed by atoms with van der Waals surface area (Å²) in [6, 6.07) is 1.29. The average Bonchev–Trinajstić information content (AvgIpc) is 3.20. The van der Waals surface area contributed by atoms with Gasteiger partial charge in [-0.25, -0.2) is 22.0 Å². The molecule has 6 nitrogen and oxygen atoms in total. The number of carbonyl (C=O) groups is 1. The minimum atomic E-state index is -2.23. The quantitative estimate of drug-likeness (QED) is 0.377. The highest BCUT2D eigenvalue weighted by Gasteiger charge is 2.26. The van der Waals surface area contributed by atoms with Crippen LogP contribution in [-0.4, -0.2) is 25.5 Å². The number of aryl methyl sites for hydroxylation is 1. The molecule has 2 aromatic heterocycles. The van der Waals surface area contributed by atoms with Gasteiger partial charge in [-0.1, -0.05) is 0 Å². The second-order valence-electron chi connectivity index (χ2n) is 5.40. The van der Waals surface area contributed by atoms with Gasteiger partial charge in [-0.15, -0.1) is 0 Å². The third-order valence-corrected chi connectivity index (χ3v) is 4.08. The molecule has 0 spiro atoms. The summed E-state index contributed by atoms with van der Waals surface area (Å²) < 4.78 is 69.8. The Morgan fingerprint density at radius 2 is 1.67 bits per heavy atom. The number of nitrogens with one attached hydrogen (secondary N) is 1. The predicted octanol–water partition coefficient (Wildman–Crippen LogP) is 3.38. The van der Waals surface area contributed by atoms with E-state index in [4.69, 9.17) is 0 Å². The van der Waals surface area contributed by atoms with Crippen LogP contribution < -0.4 is 5.32 Å². The van der Waals surface area contributed by atoms with E-state index in [0.717, 1.165) is 4.68 Å². The highest BCUT2D eigenvalue weighted by Crippen LogP contribution is 2.24. The van der Waals surface area contributed by atoms with Crippen LogP contribution in [0.25, 0.3) is 0 Å². The Labute approximate surface area is 156 Å². The predicted molar refractivity (Wildman–Crippen MR) is 86.4 cm³/mol. The van der Waals surface area contributed by atoms with Crippen molar-refractivity contribution in [1.29, 1.82) is 0 Å². The van der Waals surface area contributed by atoms with Gasteiger partial charge in [0.15, 0.2) is 34.8 Å². The Balaban J connectivity index is 1.81. The topological polar surface area (TPSA) is 64.7 Å². The van der Waals surface area contributed by atoms with E-state index in [0.29, 0.717) is 4.47 Å². The first-order valence-corrected chi connectivity index (χ1v) is 8.02. The Morgan fingerprint density at radius 3 is 2.22 bits per heavy atom. The van der Waals surface area contributed by atoms with E-state index in [1.165, 1.54) is 16.9 Å². The molecule has 0 saturated carbocycles. The van der Waals surface area contributed by atoms with Crippen LogP contribution in [0, 0.1) is 29.1 Å². The fourth-order valence-electron chi connectivity index (χ4n) is 2.26. The van der Waals surface area contributed by atoms with Gasteiger partial charge in [0.2, 0.25) is 5.82 Å². The normalized spacial score (nSPS) is 11.1. The molecule has 1 N–H and O–H groups in total. The lowest BCUT2D eigenvalue weighted by Crippen LogP contribution is -2.15. The van der Waals surface area contributed by atoms with E-state index in [1.54, 1.807) is 13.2 Å². The summed E-state index contributed by atoms with van der Waals surface area (Å²) in [4.78, 5) is 12.1. The van der Waals surface area contributed by atoms with Gasteiger partial charge in [0.1, 0.15) is 0 Å². The number of amides is 1. The van der Waals surface area contributed by atoms with E-state index < -0.39 is 47.1 Å². The number of nitrogens with zero attached hydrogens (tertiary/aromatic N) is 4. The molecule has 0 aliphatic rings. The molecule has 0 saturated heterocycles. The first-order valence-electron chi connectivity index (χ1n) is 7.23. The van der Waals surface area contributed by atoms with Gasteiger partial charge in [-0.05, 0) is 15.9 Å². The third kappa shape index (κ3) is 3.56. The van der Waals surface area contributed by atoms with Crippen LogP contribution in [0.3, 0.4) is 0 Å². The minimum Gasteiger partial charge on any atom is -0.304 e. The lowest BCUT2D eigenvalue weighted by Gasteiger charge is -2.08. The van der Waals surface area contributed by atoms with Crippen molar-refractivity contribution in [2.24, 2.45) is 7.05 Å². The molecule has 0 aliphatic heterocycles. The highest BCUT2D eigenvalue weighted by molar-refractivity contribution is 9.10. The van der Waals surface area contributed by atoms with E-state index in [9.17, 15) is 26.7 Å². The molecule has 0 radical (unpaired) electrons. The van der Waals surface area contributed by atoms with Crippen molar-refractivity contribution in [3.8, 4) is 0 Å². The maximum absolute atomic E-state index is 13.7. The largest absolute Gasteiger partial charge is 0.304 e. The lowest BCUT2D eigenvalue weighted by atomic mass is 10.1. The van der Waals surface area contributed by atoms with Crippen molar-refractivity contribution in [2.45, 2.75) is 6.54 Å². The van der Waals surface area contributed by atoms with E-state index in [1.807, 2.05) is 0 Å². The molecule has 3 rings (SSSR count). The molecule has 0 unspecified atom stereocenters. The summed E-state index contributed by atoms with van der Waals surface area (Å²) in [5.74, 6) is -10.8. The summed E-state index contributed by atoms with van der Waals surface area (Å²) in [6.07, 6.45) is 2.76. The van der Waals surface area contributed by atoms with E-state index in [-0.39, 0.29) is 11.5 Å². The fraction of sp³-hybridized carbons (Fsp3) is 0.133. The van der Waals surface area contributed by atoms with Crippen LogP contribution in [-0.2, 0) is 13.6 Å². The molecule has 142 valence electrons. The molecule has 1 amide bonds. The Kier molecular flexibility index (Phi) is 5.00. The zero-order valence-corrected chi connectivity index (χ0v) is 15.0. The van der Waals surface area contributed by atoms with Gasteiger partial charge in [0.25, 0.3) is 5.91 Å². The summed E-state index contributed by atoms with van der Waals surface area (Å²) in [5.41, 5.74) is -0.966. The van der Waals surface area contributed by atoms with Crippen LogP contribution in [0.2, 0.25) is 0 Å². The zero-order chi connectivity index (χ0) is 19.9. The number of rotatable bonds is 4. The van der Waals surface area contributed by atoms with Crippen LogP contribution in [0.4, 0.5) is 27.8 Å².